The third kappa shape index (κ3) is 5.76. The van der Waals surface area contributed by atoms with Crippen LogP contribution in [0.15, 0.2) is 54.6 Å². The first-order valence-electron chi connectivity index (χ1n) is 7.90. The van der Waals surface area contributed by atoms with E-state index in [0.717, 1.165) is 0 Å². The van der Waals surface area contributed by atoms with E-state index in [1.807, 2.05) is 32.0 Å². The molecular formula is C19H22N2O3. The average molecular weight is 326 g/mol. The van der Waals surface area contributed by atoms with E-state index < -0.39 is 0 Å². The van der Waals surface area contributed by atoms with Crippen LogP contribution in [0.5, 0.6) is 5.75 Å². The van der Waals surface area contributed by atoms with Crippen LogP contribution in [0.4, 0.5) is 5.69 Å². The second-order valence-corrected chi connectivity index (χ2v) is 5.83. The Hall–Kier alpha value is -2.82. The molecule has 0 bridgehead atoms. The van der Waals surface area contributed by atoms with Crippen molar-refractivity contribution < 1.29 is 14.3 Å². The summed E-state index contributed by atoms with van der Waals surface area (Å²) in [5, 5.41) is 5.60. The lowest BCUT2D eigenvalue weighted by atomic mass is 10.2. The van der Waals surface area contributed by atoms with Gasteiger partial charge < -0.3 is 15.4 Å². The van der Waals surface area contributed by atoms with Crippen LogP contribution in [0.25, 0.3) is 0 Å². The highest BCUT2D eigenvalue weighted by atomic mass is 16.5. The van der Waals surface area contributed by atoms with Crippen molar-refractivity contribution in [3.05, 3.63) is 60.2 Å². The molecule has 2 aromatic rings. The number of amides is 2. The van der Waals surface area contributed by atoms with Gasteiger partial charge in [0, 0.05) is 17.8 Å². The van der Waals surface area contributed by atoms with Gasteiger partial charge in [-0.1, -0.05) is 32.0 Å². The molecule has 0 aliphatic rings. The number of rotatable bonds is 7. The summed E-state index contributed by atoms with van der Waals surface area (Å²) in [6.45, 7) is 4.67. The molecule has 0 saturated heterocycles. The third-order valence-corrected chi connectivity index (χ3v) is 3.23. The van der Waals surface area contributed by atoms with Crippen LogP contribution >= 0.6 is 0 Å². The summed E-state index contributed by atoms with van der Waals surface area (Å²) in [4.78, 5) is 23.6. The Bertz CT molecular complexity index is 667. The van der Waals surface area contributed by atoms with Crippen molar-refractivity contribution in [2.24, 2.45) is 5.92 Å². The molecule has 0 spiro atoms. The van der Waals surface area contributed by atoms with E-state index in [4.69, 9.17) is 4.74 Å². The zero-order chi connectivity index (χ0) is 17.4. The van der Waals surface area contributed by atoms with Gasteiger partial charge in [0.15, 0.2) is 6.61 Å². The van der Waals surface area contributed by atoms with Crippen LogP contribution in [0, 0.1) is 5.92 Å². The van der Waals surface area contributed by atoms with Crippen LogP contribution in [-0.2, 0) is 4.79 Å². The highest BCUT2D eigenvalue weighted by Gasteiger charge is 2.06. The molecule has 0 heterocycles. The minimum Gasteiger partial charge on any atom is -0.484 e. The Morgan fingerprint density at radius 1 is 1.00 bits per heavy atom. The maximum atomic E-state index is 12.0. The number of carbonyl (C=O) groups excluding carboxylic acids is 2. The van der Waals surface area contributed by atoms with Gasteiger partial charge in [0.25, 0.3) is 11.8 Å². The van der Waals surface area contributed by atoms with Crippen LogP contribution < -0.4 is 15.4 Å². The zero-order valence-corrected chi connectivity index (χ0v) is 13.9. The van der Waals surface area contributed by atoms with E-state index in [2.05, 4.69) is 10.6 Å². The Labute approximate surface area is 142 Å². The highest BCUT2D eigenvalue weighted by molar-refractivity contribution is 6.04. The molecule has 5 nitrogen and oxygen atoms in total. The number of ether oxygens (including phenoxy) is 1. The van der Waals surface area contributed by atoms with Gasteiger partial charge in [0.2, 0.25) is 0 Å². The first-order chi connectivity index (χ1) is 11.5. The van der Waals surface area contributed by atoms with Crippen molar-refractivity contribution in [1.82, 2.24) is 5.32 Å². The Kier molecular flexibility index (Phi) is 6.37. The van der Waals surface area contributed by atoms with Crippen LogP contribution in [0.1, 0.15) is 24.2 Å². The second-order valence-electron chi connectivity index (χ2n) is 5.83. The first kappa shape index (κ1) is 17.5. The topological polar surface area (TPSA) is 67.4 Å². The van der Waals surface area contributed by atoms with Crippen molar-refractivity contribution in [3.63, 3.8) is 0 Å². The first-order valence-corrected chi connectivity index (χ1v) is 7.90. The number of benzene rings is 2. The second kappa shape index (κ2) is 8.72. The van der Waals surface area contributed by atoms with Crippen molar-refractivity contribution >= 4 is 17.5 Å². The summed E-state index contributed by atoms with van der Waals surface area (Å²) in [5.74, 6) is 0.663. The predicted molar refractivity (Wildman–Crippen MR) is 94.2 cm³/mol. The molecule has 2 rings (SSSR count). The Balaban J connectivity index is 1.82. The predicted octanol–water partition coefficient (Wildman–Crippen LogP) is 3.09. The molecule has 0 fully saturated rings. The Morgan fingerprint density at radius 3 is 2.29 bits per heavy atom. The fraction of sp³-hybridized carbons (Fsp3) is 0.263. The number of nitrogens with one attached hydrogen (secondary N) is 2. The van der Waals surface area contributed by atoms with E-state index >= 15 is 0 Å². The van der Waals surface area contributed by atoms with Crippen LogP contribution in [-0.4, -0.2) is 25.0 Å². The van der Waals surface area contributed by atoms with Crippen molar-refractivity contribution in [3.8, 4) is 5.75 Å². The van der Waals surface area contributed by atoms with Crippen LogP contribution in [0.3, 0.4) is 0 Å². The molecule has 0 unspecified atom stereocenters. The van der Waals surface area contributed by atoms with Crippen molar-refractivity contribution in [2.45, 2.75) is 13.8 Å². The minimum absolute atomic E-state index is 0.0254. The number of anilines is 1. The van der Waals surface area contributed by atoms with Gasteiger partial charge in [-0.25, -0.2) is 0 Å². The van der Waals surface area contributed by atoms with Crippen molar-refractivity contribution in [1.29, 1.82) is 0 Å². The molecule has 126 valence electrons. The Morgan fingerprint density at radius 2 is 1.67 bits per heavy atom. The third-order valence-electron chi connectivity index (χ3n) is 3.23. The monoisotopic (exact) mass is 326 g/mol. The molecule has 0 saturated carbocycles. The molecule has 2 aromatic carbocycles. The lowest BCUT2D eigenvalue weighted by Crippen LogP contribution is -2.31. The van der Waals surface area contributed by atoms with Crippen molar-refractivity contribution in [2.75, 3.05) is 18.5 Å². The van der Waals surface area contributed by atoms with E-state index in [1.54, 1.807) is 36.4 Å². The molecule has 0 radical (unpaired) electrons. The molecule has 0 aliphatic heterocycles. The average Bonchev–Trinajstić information content (AvgIpc) is 2.60. The zero-order valence-electron chi connectivity index (χ0n) is 13.9. The molecule has 0 aliphatic carbocycles. The van der Waals surface area contributed by atoms with Crippen LogP contribution in [0.2, 0.25) is 0 Å². The molecule has 2 N–H and O–H groups in total. The molecule has 0 atom stereocenters. The number of hydrogen-bond acceptors (Lipinski definition) is 3. The largest absolute Gasteiger partial charge is 0.484 e. The van der Waals surface area contributed by atoms with Gasteiger partial charge in [0.1, 0.15) is 5.75 Å². The summed E-state index contributed by atoms with van der Waals surface area (Å²) in [6.07, 6.45) is 0. The maximum Gasteiger partial charge on any atom is 0.257 e. The van der Waals surface area contributed by atoms with Gasteiger partial charge in [0.05, 0.1) is 0 Å². The van der Waals surface area contributed by atoms with E-state index in [-0.39, 0.29) is 18.4 Å². The molecule has 2 amide bonds. The maximum absolute atomic E-state index is 12.0. The number of carbonyl (C=O) groups is 2. The summed E-state index contributed by atoms with van der Waals surface area (Å²) >= 11 is 0. The molecular weight excluding hydrogens is 304 g/mol. The summed E-state index contributed by atoms with van der Waals surface area (Å²) < 4.78 is 5.42. The summed E-state index contributed by atoms with van der Waals surface area (Å²) in [5.41, 5.74) is 1.26. The summed E-state index contributed by atoms with van der Waals surface area (Å²) in [6, 6.07) is 15.9. The van der Waals surface area contributed by atoms with Gasteiger partial charge in [-0.05, 0) is 42.3 Å². The smallest absolute Gasteiger partial charge is 0.257 e. The molecule has 24 heavy (non-hydrogen) atoms. The fourth-order valence-electron chi connectivity index (χ4n) is 1.95. The van der Waals surface area contributed by atoms with Gasteiger partial charge in [-0.2, -0.15) is 0 Å². The van der Waals surface area contributed by atoms with E-state index in [1.165, 1.54) is 0 Å². The lowest BCUT2D eigenvalue weighted by Gasteiger charge is -2.10. The SMILES string of the molecule is CC(C)CNC(=O)COc1ccc(NC(=O)c2ccccc2)cc1. The molecule has 0 aromatic heterocycles. The molecule has 5 heteroatoms. The van der Waals surface area contributed by atoms with Gasteiger partial charge in [-0.15, -0.1) is 0 Å². The highest BCUT2D eigenvalue weighted by Crippen LogP contribution is 2.16. The minimum atomic E-state index is -0.169. The van der Waals surface area contributed by atoms with E-state index in [9.17, 15) is 9.59 Å². The lowest BCUT2D eigenvalue weighted by molar-refractivity contribution is -0.123. The van der Waals surface area contributed by atoms with Gasteiger partial charge in [-0.3, -0.25) is 9.59 Å². The number of hydrogen-bond donors (Lipinski definition) is 2. The summed E-state index contributed by atoms with van der Waals surface area (Å²) in [7, 11) is 0. The quantitative estimate of drug-likeness (QED) is 0.821. The fourth-order valence-corrected chi connectivity index (χ4v) is 1.95. The van der Waals surface area contributed by atoms with Gasteiger partial charge >= 0.3 is 0 Å². The standard InChI is InChI=1S/C19H22N2O3/c1-14(2)12-20-18(22)13-24-17-10-8-16(9-11-17)21-19(23)15-6-4-3-5-7-15/h3-11,14H,12-13H2,1-2H3,(H,20,22)(H,21,23). The van der Waals surface area contributed by atoms with E-state index in [0.29, 0.717) is 29.5 Å². The normalized spacial score (nSPS) is 10.3.